The van der Waals surface area contributed by atoms with Gasteiger partial charge in [0.1, 0.15) is 5.60 Å². The lowest BCUT2D eigenvalue weighted by Gasteiger charge is -2.26. The molecule has 23 heavy (non-hydrogen) atoms. The standard InChI is InChI=1S/C17H28N4O2/c1-5-7-14-12-18-15(19-13-14)20-8-6-9-21(11-10-20)16(22)23-17(2,3)4/h12-13H,5-11H2,1-4H3. The van der Waals surface area contributed by atoms with Crippen LogP contribution in [0.4, 0.5) is 10.7 Å². The van der Waals surface area contributed by atoms with E-state index in [1.54, 1.807) is 4.90 Å². The van der Waals surface area contributed by atoms with Gasteiger partial charge >= 0.3 is 6.09 Å². The van der Waals surface area contributed by atoms with Crippen molar-refractivity contribution in [2.45, 2.75) is 52.6 Å². The van der Waals surface area contributed by atoms with Crippen LogP contribution in [-0.4, -0.2) is 52.7 Å². The Labute approximate surface area is 138 Å². The summed E-state index contributed by atoms with van der Waals surface area (Å²) in [6.45, 7) is 10.7. The van der Waals surface area contributed by atoms with E-state index >= 15 is 0 Å². The zero-order chi connectivity index (χ0) is 16.9. The number of hydrogen-bond acceptors (Lipinski definition) is 5. The average Bonchev–Trinajstić information content (AvgIpc) is 2.73. The second-order valence-electron chi connectivity index (χ2n) is 6.95. The zero-order valence-corrected chi connectivity index (χ0v) is 14.7. The third kappa shape index (κ3) is 5.37. The number of rotatable bonds is 3. The highest BCUT2D eigenvalue weighted by atomic mass is 16.6. The van der Waals surface area contributed by atoms with E-state index in [1.807, 2.05) is 33.2 Å². The maximum absolute atomic E-state index is 12.2. The Morgan fingerprint density at radius 2 is 1.87 bits per heavy atom. The van der Waals surface area contributed by atoms with Gasteiger partial charge in [-0.05, 0) is 39.2 Å². The second kappa shape index (κ2) is 7.62. The van der Waals surface area contributed by atoms with E-state index in [0.717, 1.165) is 38.3 Å². The third-order valence-electron chi connectivity index (χ3n) is 3.66. The fraction of sp³-hybridized carbons (Fsp3) is 0.706. The molecule has 128 valence electrons. The van der Waals surface area contributed by atoms with Crippen LogP contribution in [0, 0.1) is 0 Å². The van der Waals surface area contributed by atoms with E-state index in [2.05, 4.69) is 21.8 Å². The first kappa shape index (κ1) is 17.5. The summed E-state index contributed by atoms with van der Waals surface area (Å²) >= 11 is 0. The minimum Gasteiger partial charge on any atom is -0.444 e. The smallest absolute Gasteiger partial charge is 0.410 e. The molecule has 6 heteroatoms. The third-order valence-corrected chi connectivity index (χ3v) is 3.66. The quantitative estimate of drug-likeness (QED) is 0.857. The molecule has 0 atom stereocenters. The molecular formula is C17H28N4O2. The van der Waals surface area contributed by atoms with Crippen LogP contribution in [-0.2, 0) is 11.2 Å². The van der Waals surface area contributed by atoms with E-state index in [-0.39, 0.29) is 6.09 Å². The van der Waals surface area contributed by atoms with Gasteiger partial charge in [0, 0.05) is 38.6 Å². The van der Waals surface area contributed by atoms with Crippen molar-refractivity contribution in [3.63, 3.8) is 0 Å². The minimum absolute atomic E-state index is 0.237. The van der Waals surface area contributed by atoms with Gasteiger partial charge < -0.3 is 14.5 Å². The van der Waals surface area contributed by atoms with Gasteiger partial charge in [-0.25, -0.2) is 14.8 Å². The first-order chi connectivity index (χ1) is 10.9. The lowest BCUT2D eigenvalue weighted by molar-refractivity contribution is 0.0263. The highest BCUT2D eigenvalue weighted by Crippen LogP contribution is 2.15. The molecule has 0 saturated carbocycles. The predicted octanol–water partition coefficient (Wildman–Crippen LogP) is 2.88. The topological polar surface area (TPSA) is 58.6 Å². The summed E-state index contributed by atoms with van der Waals surface area (Å²) in [6.07, 6.45) is 6.56. The number of amides is 1. The average molecular weight is 320 g/mol. The van der Waals surface area contributed by atoms with Gasteiger partial charge in [-0.2, -0.15) is 0 Å². The molecule has 0 spiro atoms. The van der Waals surface area contributed by atoms with Gasteiger partial charge in [0.15, 0.2) is 0 Å². The van der Waals surface area contributed by atoms with E-state index < -0.39 is 5.60 Å². The minimum atomic E-state index is -0.457. The molecule has 0 aliphatic carbocycles. The Morgan fingerprint density at radius 3 is 2.48 bits per heavy atom. The summed E-state index contributed by atoms with van der Waals surface area (Å²) in [5.41, 5.74) is 0.711. The molecule has 1 saturated heterocycles. The van der Waals surface area contributed by atoms with Crippen LogP contribution in [0.5, 0.6) is 0 Å². The predicted molar refractivity (Wildman–Crippen MR) is 90.7 cm³/mol. The molecule has 0 N–H and O–H groups in total. The highest BCUT2D eigenvalue weighted by Gasteiger charge is 2.25. The Bertz CT molecular complexity index is 510. The largest absolute Gasteiger partial charge is 0.444 e. The van der Waals surface area contributed by atoms with E-state index in [4.69, 9.17) is 4.74 Å². The van der Waals surface area contributed by atoms with Gasteiger partial charge in [-0.1, -0.05) is 13.3 Å². The number of anilines is 1. The molecule has 1 amide bonds. The van der Waals surface area contributed by atoms with Gasteiger partial charge in [0.05, 0.1) is 0 Å². The van der Waals surface area contributed by atoms with Crippen LogP contribution in [0.1, 0.15) is 46.1 Å². The molecule has 1 fully saturated rings. The second-order valence-corrected chi connectivity index (χ2v) is 6.95. The molecule has 0 radical (unpaired) electrons. The number of nitrogens with zero attached hydrogens (tertiary/aromatic N) is 4. The molecule has 2 rings (SSSR count). The Kier molecular flexibility index (Phi) is 5.80. The summed E-state index contributed by atoms with van der Waals surface area (Å²) in [7, 11) is 0. The molecule has 1 aromatic heterocycles. The number of carbonyl (C=O) groups is 1. The van der Waals surface area contributed by atoms with Crippen LogP contribution in [0.2, 0.25) is 0 Å². The fourth-order valence-electron chi connectivity index (χ4n) is 2.56. The summed E-state index contributed by atoms with van der Waals surface area (Å²) < 4.78 is 5.45. The lowest BCUT2D eigenvalue weighted by atomic mass is 10.2. The first-order valence-electron chi connectivity index (χ1n) is 8.43. The van der Waals surface area contributed by atoms with Crippen molar-refractivity contribution in [2.24, 2.45) is 0 Å². The number of aryl methyl sites for hydroxylation is 1. The summed E-state index contributed by atoms with van der Waals surface area (Å²) in [6, 6.07) is 0. The Hall–Kier alpha value is -1.85. The van der Waals surface area contributed by atoms with Crippen molar-refractivity contribution in [2.75, 3.05) is 31.1 Å². The number of carbonyl (C=O) groups excluding carboxylic acids is 1. The SMILES string of the molecule is CCCc1cnc(N2CCCN(C(=O)OC(C)(C)C)CC2)nc1. The Balaban J connectivity index is 1.94. The molecular weight excluding hydrogens is 292 g/mol. The number of aromatic nitrogens is 2. The molecule has 0 aromatic carbocycles. The zero-order valence-electron chi connectivity index (χ0n) is 14.7. The van der Waals surface area contributed by atoms with Gasteiger partial charge in [-0.15, -0.1) is 0 Å². The van der Waals surface area contributed by atoms with Crippen molar-refractivity contribution in [1.82, 2.24) is 14.9 Å². The first-order valence-corrected chi connectivity index (χ1v) is 8.43. The molecule has 1 aliphatic rings. The number of hydrogen-bond donors (Lipinski definition) is 0. The molecule has 0 unspecified atom stereocenters. The normalized spacial score (nSPS) is 16.2. The van der Waals surface area contributed by atoms with Crippen molar-refractivity contribution < 1.29 is 9.53 Å². The summed E-state index contributed by atoms with van der Waals surface area (Å²) in [5, 5.41) is 0. The van der Waals surface area contributed by atoms with Crippen molar-refractivity contribution >= 4 is 12.0 Å². The van der Waals surface area contributed by atoms with E-state index in [0.29, 0.717) is 13.1 Å². The van der Waals surface area contributed by atoms with Crippen molar-refractivity contribution in [3.05, 3.63) is 18.0 Å². The fourth-order valence-corrected chi connectivity index (χ4v) is 2.56. The monoisotopic (exact) mass is 320 g/mol. The van der Waals surface area contributed by atoms with Crippen LogP contribution in [0.3, 0.4) is 0 Å². The van der Waals surface area contributed by atoms with Crippen LogP contribution in [0.15, 0.2) is 12.4 Å². The van der Waals surface area contributed by atoms with E-state index in [1.165, 1.54) is 5.56 Å². The van der Waals surface area contributed by atoms with Crippen molar-refractivity contribution in [1.29, 1.82) is 0 Å². The van der Waals surface area contributed by atoms with E-state index in [9.17, 15) is 4.79 Å². The maximum Gasteiger partial charge on any atom is 0.410 e. The van der Waals surface area contributed by atoms with Gasteiger partial charge in [0.2, 0.25) is 5.95 Å². The van der Waals surface area contributed by atoms with Crippen LogP contribution < -0.4 is 4.90 Å². The van der Waals surface area contributed by atoms with Gasteiger partial charge in [0.25, 0.3) is 0 Å². The molecule has 0 bridgehead atoms. The molecule has 6 nitrogen and oxygen atoms in total. The van der Waals surface area contributed by atoms with Crippen molar-refractivity contribution in [3.8, 4) is 0 Å². The molecule has 1 aromatic rings. The summed E-state index contributed by atoms with van der Waals surface area (Å²) in [5.74, 6) is 0.746. The van der Waals surface area contributed by atoms with Crippen LogP contribution in [0.25, 0.3) is 0 Å². The lowest BCUT2D eigenvalue weighted by Crippen LogP contribution is -2.39. The van der Waals surface area contributed by atoms with Gasteiger partial charge in [-0.3, -0.25) is 0 Å². The molecule has 2 heterocycles. The summed E-state index contributed by atoms with van der Waals surface area (Å²) in [4.78, 5) is 25.0. The molecule has 1 aliphatic heterocycles. The number of ether oxygens (including phenoxy) is 1. The maximum atomic E-state index is 12.2. The Morgan fingerprint density at radius 1 is 1.17 bits per heavy atom. The highest BCUT2D eigenvalue weighted by molar-refractivity contribution is 5.68. The van der Waals surface area contributed by atoms with Crippen LogP contribution >= 0.6 is 0 Å².